The van der Waals surface area contributed by atoms with E-state index in [1.807, 2.05) is 0 Å². The highest BCUT2D eigenvalue weighted by Gasteiger charge is 2.20. The molecule has 8 heteroatoms. The molecule has 0 unspecified atom stereocenters. The summed E-state index contributed by atoms with van der Waals surface area (Å²) in [6.45, 7) is 1.80. The van der Waals surface area contributed by atoms with Gasteiger partial charge in [0.25, 0.3) is 0 Å². The van der Waals surface area contributed by atoms with E-state index >= 15 is 0 Å². The van der Waals surface area contributed by atoms with E-state index in [9.17, 15) is 0 Å². The fourth-order valence-electron chi connectivity index (χ4n) is 2.60. The average molecular weight is 486 g/mol. The number of aryl methyl sites for hydroxylation is 1. The van der Waals surface area contributed by atoms with Gasteiger partial charge in [0.2, 0.25) is 0 Å². The van der Waals surface area contributed by atoms with Gasteiger partial charge in [-0.3, -0.25) is 0 Å². The van der Waals surface area contributed by atoms with Crippen molar-refractivity contribution in [3.63, 3.8) is 0 Å². The lowest BCUT2D eigenvalue weighted by molar-refractivity contribution is 1.20. The average Bonchev–Trinajstić information content (AvgIpc) is 2.49. The molecule has 134 valence electrons. The molecule has 3 rings (SSSR count). The van der Waals surface area contributed by atoms with Crippen LogP contribution in [0, 0.1) is 6.92 Å². The van der Waals surface area contributed by atoms with Crippen LogP contribution in [0.5, 0.6) is 0 Å². The summed E-state index contributed by atoms with van der Waals surface area (Å²) in [5, 5.41) is 2.61. The Morgan fingerprint density at radius 2 is 0.962 bits per heavy atom. The van der Waals surface area contributed by atoms with Crippen molar-refractivity contribution in [1.29, 1.82) is 0 Å². The third-order valence-corrected chi connectivity index (χ3v) is 5.64. The lowest BCUT2D eigenvalue weighted by atomic mass is 9.99. The molecule has 26 heavy (non-hydrogen) atoms. The number of aromatic nitrogens is 1. The molecule has 3 aromatic rings. The Hall–Kier alpha value is -0.380. The first-order chi connectivity index (χ1) is 12.2. The highest BCUT2D eigenvalue weighted by molar-refractivity contribution is 6.44. The summed E-state index contributed by atoms with van der Waals surface area (Å²) >= 11 is 43.8. The van der Waals surface area contributed by atoms with E-state index in [1.165, 1.54) is 0 Å². The maximum absolute atomic E-state index is 6.36. The number of nitrogens with zero attached hydrogens (tertiary/aromatic N) is 1. The van der Waals surface area contributed by atoms with Gasteiger partial charge in [-0.1, -0.05) is 81.2 Å². The molecule has 0 radical (unpaired) electrons. The maximum atomic E-state index is 6.36. The quantitative estimate of drug-likeness (QED) is 0.329. The first kappa shape index (κ1) is 20.4. The van der Waals surface area contributed by atoms with Crippen molar-refractivity contribution in [3.8, 4) is 22.3 Å². The van der Waals surface area contributed by atoms with Crippen LogP contribution in [0.15, 0.2) is 30.3 Å². The Morgan fingerprint density at radius 3 is 1.38 bits per heavy atom. The van der Waals surface area contributed by atoms with Crippen LogP contribution in [0.2, 0.25) is 35.3 Å². The smallest absolute Gasteiger partial charge is 0.137 e. The van der Waals surface area contributed by atoms with Gasteiger partial charge in [0.05, 0.1) is 20.1 Å². The van der Waals surface area contributed by atoms with Gasteiger partial charge >= 0.3 is 0 Å². The fraction of sp³-hybridized carbons (Fsp3) is 0.0556. The van der Waals surface area contributed by atoms with E-state index < -0.39 is 0 Å². The van der Waals surface area contributed by atoms with Gasteiger partial charge in [-0.2, -0.15) is 0 Å². The molecular formula is C18H8Cl7N. The van der Waals surface area contributed by atoms with Gasteiger partial charge in [0.15, 0.2) is 0 Å². The fourth-order valence-corrected chi connectivity index (χ4v) is 4.92. The monoisotopic (exact) mass is 483 g/mol. The third kappa shape index (κ3) is 3.91. The zero-order valence-corrected chi connectivity index (χ0v) is 18.3. The van der Waals surface area contributed by atoms with Crippen LogP contribution < -0.4 is 0 Å². The number of halogens is 7. The largest absolute Gasteiger partial charge is 0.240 e. The van der Waals surface area contributed by atoms with Crippen molar-refractivity contribution in [2.45, 2.75) is 6.92 Å². The summed E-state index contributed by atoms with van der Waals surface area (Å²) < 4.78 is 0. The predicted molar refractivity (Wildman–Crippen MR) is 115 cm³/mol. The van der Waals surface area contributed by atoms with Crippen LogP contribution in [0.4, 0.5) is 0 Å². The molecule has 0 aliphatic heterocycles. The molecule has 0 saturated heterocycles. The minimum atomic E-state index is 0.249. The van der Waals surface area contributed by atoms with Crippen molar-refractivity contribution in [1.82, 2.24) is 4.98 Å². The lowest BCUT2D eigenvalue weighted by Crippen LogP contribution is -1.95. The molecule has 0 fully saturated rings. The zero-order chi connectivity index (χ0) is 19.2. The standard InChI is InChI=1S/C18H8Cl7N/c1-7-10(16-12(21)2-8(19)3-13(16)22)6-11(18(25)26-7)17-14(23)4-9(20)5-15(17)24/h2-6H,1H3. The molecule has 0 saturated carbocycles. The minimum Gasteiger partial charge on any atom is -0.240 e. The molecule has 0 amide bonds. The molecule has 0 spiro atoms. The highest BCUT2D eigenvalue weighted by Crippen LogP contribution is 2.44. The van der Waals surface area contributed by atoms with Crippen LogP contribution in [0.3, 0.4) is 0 Å². The SMILES string of the molecule is Cc1nc(Cl)c(-c2c(Cl)cc(Cl)cc2Cl)cc1-c1c(Cl)cc(Cl)cc1Cl. The summed E-state index contributed by atoms with van der Waals surface area (Å²) in [4.78, 5) is 4.40. The highest BCUT2D eigenvalue weighted by atomic mass is 35.5. The van der Waals surface area contributed by atoms with Crippen molar-refractivity contribution in [2.24, 2.45) is 0 Å². The number of hydrogen-bond donors (Lipinski definition) is 0. The Labute approximate surface area is 185 Å². The second kappa shape index (κ2) is 7.93. The molecule has 1 heterocycles. The van der Waals surface area contributed by atoms with Gasteiger partial charge in [-0.05, 0) is 37.3 Å². The van der Waals surface area contributed by atoms with Crippen LogP contribution in [0.25, 0.3) is 22.3 Å². The van der Waals surface area contributed by atoms with Crippen molar-refractivity contribution >= 4 is 81.2 Å². The Kier molecular flexibility index (Phi) is 6.21. The number of pyridine rings is 1. The number of rotatable bonds is 2. The van der Waals surface area contributed by atoms with Gasteiger partial charge in [0.1, 0.15) is 5.15 Å². The molecule has 2 aromatic carbocycles. The van der Waals surface area contributed by atoms with Crippen molar-refractivity contribution < 1.29 is 0 Å². The number of benzene rings is 2. The van der Waals surface area contributed by atoms with E-state index in [2.05, 4.69) is 4.98 Å². The Morgan fingerprint density at radius 1 is 0.577 bits per heavy atom. The van der Waals surface area contributed by atoms with Crippen LogP contribution in [-0.2, 0) is 0 Å². The Balaban J connectivity index is 2.32. The molecule has 1 nitrogen and oxygen atoms in total. The van der Waals surface area contributed by atoms with E-state index in [-0.39, 0.29) is 5.15 Å². The van der Waals surface area contributed by atoms with Gasteiger partial charge < -0.3 is 0 Å². The Bertz CT molecular complexity index is 906. The third-order valence-electron chi connectivity index (χ3n) is 3.72. The second-order valence-electron chi connectivity index (χ2n) is 5.45. The van der Waals surface area contributed by atoms with Gasteiger partial charge in [0, 0.05) is 38.0 Å². The van der Waals surface area contributed by atoms with Gasteiger partial charge in [-0.15, -0.1) is 0 Å². The topological polar surface area (TPSA) is 12.9 Å². The summed E-state index contributed by atoms with van der Waals surface area (Å²) in [6, 6.07) is 8.19. The van der Waals surface area contributed by atoms with E-state index in [0.29, 0.717) is 58.1 Å². The van der Waals surface area contributed by atoms with Crippen molar-refractivity contribution in [2.75, 3.05) is 0 Å². The van der Waals surface area contributed by atoms with Gasteiger partial charge in [-0.25, -0.2) is 4.98 Å². The van der Waals surface area contributed by atoms with E-state index in [0.717, 1.165) is 0 Å². The van der Waals surface area contributed by atoms with Crippen LogP contribution >= 0.6 is 81.2 Å². The zero-order valence-electron chi connectivity index (χ0n) is 13.0. The first-order valence-corrected chi connectivity index (χ1v) is 9.80. The molecule has 1 aromatic heterocycles. The van der Waals surface area contributed by atoms with Crippen molar-refractivity contribution in [3.05, 3.63) is 71.3 Å². The summed E-state index contributed by atoms with van der Waals surface area (Å²) in [5.41, 5.74) is 3.00. The first-order valence-electron chi connectivity index (χ1n) is 7.16. The second-order valence-corrected chi connectivity index (χ2v) is 8.31. The molecule has 0 aliphatic carbocycles. The predicted octanol–water partition coefficient (Wildman–Crippen LogP) is 9.30. The van der Waals surface area contributed by atoms with E-state index in [4.69, 9.17) is 81.2 Å². The summed E-state index contributed by atoms with van der Waals surface area (Å²) in [6.07, 6.45) is 0. The molecule has 0 bridgehead atoms. The molecule has 0 atom stereocenters. The normalized spacial score (nSPS) is 11.1. The van der Waals surface area contributed by atoms with E-state index in [1.54, 1.807) is 37.3 Å². The van der Waals surface area contributed by atoms with Crippen LogP contribution in [0.1, 0.15) is 5.69 Å². The molecule has 0 aliphatic rings. The lowest BCUT2D eigenvalue weighted by Gasteiger charge is -2.15. The molecule has 0 N–H and O–H groups in total. The van der Waals surface area contributed by atoms with Crippen LogP contribution in [-0.4, -0.2) is 4.98 Å². The number of hydrogen-bond acceptors (Lipinski definition) is 1. The summed E-state index contributed by atoms with van der Waals surface area (Å²) in [7, 11) is 0. The summed E-state index contributed by atoms with van der Waals surface area (Å²) in [5.74, 6) is 0. The maximum Gasteiger partial charge on any atom is 0.137 e. The molecular weight excluding hydrogens is 478 g/mol. The minimum absolute atomic E-state index is 0.249.